The second-order valence-corrected chi connectivity index (χ2v) is 3.19. The van der Waals surface area contributed by atoms with Crippen LogP contribution in [-0.2, 0) is 0 Å². The number of rotatable bonds is 0. The molecule has 0 amide bonds. The van der Waals surface area contributed by atoms with E-state index in [1.807, 2.05) is 0 Å². The van der Waals surface area contributed by atoms with E-state index in [4.69, 9.17) is 0 Å². The van der Waals surface area contributed by atoms with Crippen molar-refractivity contribution < 1.29 is 5.11 Å². The molecule has 2 bridgehead atoms. The van der Waals surface area contributed by atoms with Gasteiger partial charge in [0.1, 0.15) is 0 Å². The lowest BCUT2D eigenvalue weighted by molar-refractivity contribution is 0.103. The van der Waals surface area contributed by atoms with Gasteiger partial charge in [-0.3, -0.25) is 0 Å². The highest BCUT2D eigenvalue weighted by molar-refractivity contribution is 4.93. The van der Waals surface area contributed by atoms with E-state index in [1.165, 1.54) is 19.3 Å². The fourth-order valence-corrected chi connectivity index (χ4v) is 1.95. The van der Waals surface area contributed by atoms with E-state index >= 15 is 0 Å². The molecule has 2 N–H and O–H groups in total. The first-order valence-electron chi connectivity index (χ1n) is 3.80. The quantitative estimate of drug-likeness (QED) is 0.489. The lowest BCUT2D eigenvalue weighted by Gasteiger charge is -2.25. The molecule has 2 rings (SSSR count). The molecule has 3 atom stereocenters. The number of hydrogen-bond acceptors (Lipinski definition) is 2. The Kier molecular flexibility index (Phi) is 1.24. The van der Waals surface area contributed by atoms with Gasteiger partial charge in [0.15, 0.2) is 0 Å². The molecular formula is C7H13NO. The highest BCUT2D eigenvalue weighted by Gasteiger charge is 2.33. The maximum atomic E-state index is 9.33. The molecule has 2 aliphatic rings. The number of nitrogens with one attached hydrogen (secondary N) is 1. The first-order valence-corrected chi connectivity index (χ1v) is 3.80. The van der Waals surface area contributed by atoms with E-state index in [0.29, 0.717) is 6.04 Å². The molecule has 2 heterocycles. The van der Waals surface area contributed by atoms with E-state index in [-0.39, 0.29) is 6.10 Å². The Balaban J connectivity index is 2.05. The summed E-state index contributed by atoms with van der Waals surface area (Å²) in [6.07, 6.45) is 4.61. The zero-order valence-corrected chi connectivity index (χ0v) is 5.51. The lowest BCUT2D eigenvalue weighted by Crippen LogP contribution is -2.43. The minimum absolute atomic E-state index is 0.0521. The van der Waals surface area contributed by atoms with E-state index in [9.17, 15) is 5.11 Å². The van der Waals surface area contributed by atoms with Crippen molar-refractivity contribution in [3.05, 3.63) is 0 Å². The minimum Gasteiger partial charge on any atom is -0.392 e. The van der Waals surface area contributed by atoms with Crippen molar-refractivity contribution in [2.75, 3.05) is 0 Å². The summed E-state index contributed by atoms with van der Waals surface area (Å²) in [5, 5.41) is 12.7. The van der Waals surface area contributed by atoms with Gasteiger partial charge in [0, 0.05) is 12.1 Å². The molecule has 2 fully saturated rings. The molecule has 0 radical (unpaired) electrons. The molecule has 2 saturated heterocycles. The Bertz CT molecular complexity index is 115. The van der Waals surface area contributed by atoms with Crippen LogP contribution < -0.4 is 5.32 Å². The second kappa shape index (κ2) is 1.96. The summed E-state index contributed by atoms with van der Waals surface area (Å²) in [5.74, 6) is 0. The van der Waals surface area contributed by atoms with Gasteiger partial charge in [0.05, 0.1) is 6.10 Å². The fraction of sp³-hybridized carbons (Fsp3) is 1.00. The summed E-state index contributed by atoms with van der Waals surface area (Å²) >= 11 is 0. The zero-order valence-electron chi connectivity index (χ0n) is 5.51. The maximum Gasteiger partial charge on any atom is 0.0693 e. The van der Waals surface area contributed by atoms with Gasteiger partial charge >= 0.3 is 0 Å². The van der Waals surface area contributed by atoms with Gasteiger partial charge in [-0.1, -0.05) is 0 Å². The highest BCUT2D eigenvalue weighted by Crippen LogP contribution is 2.26. The largest absolute Gasteiger partial charge is 0.392 e. The Hall–Kier alpha value is -0.0800. The summed E-state index contributed by atoms with van der Waals surface area (Å²) in [5.41, 5.74) is 0. The van der Waals surface area contributed by atoms with Gasteiger partial charge in [-0.15, -0.1) is 0 Å². The summed E-state index contributed by atoms with van der Waals surface area (Å²) in [6, 6.07) is 1.17. The summed E-state index contributed by atoms with van der Waals surface area (Å²) in [4.78, 5) is 0. The SMILES string of the molecule is O[C@H]1CCC2CCC1N2. The molecular weight excluding hydrogens is 114 g/mol. The third kappa shape index (κ3) is 0.864. The molecule has 0 saturated carbocycles. The fourth-order valence-electron chi connectivity index (χ4n) is 1.95. The van der Waals surface area contributed by atoms with Crippen molar-refractivity contribution in [2.45, 2.75) is 43.9 Å². The number of piperidine rings is 1. The van der Waals surface area contributed by atoms with Gasteiger partial charge in [-0.2, -0.15) is 0 Å². The van der Waals surface area contributed by atoms with Crippen LogP contribution in [0.1, 0.15) is 25.7 Å². The van der Waals surface area contributed by atoms with Crippen molar-refractivity contribution >= 4 is 0 Å². The van der Waals surface area contributed by atoms with Gasteiger partial charge in [-0.05, 0) is 25.7 Å². The Morgan fingerprint density at radius 1 is 1.11 bits per heavy atom. The van der Waals surface area contributed by atoms with Crippen LogP contribution in [-0.4, -0.2) is 23.3 Å². The third-order valence-electron chi connectivity index (χ3n) is 2.55. The zero-order chi connectivity index (χ0) is 6.27. The van der Waals surface area contributed by atoms with Crippen LogP contribution in [0.25, 0.3) is 0 Å². The van der Waals surface area contributed by atoms with Gasteiger partial charge in [0.25, 0.3) is 0 Å². The maximum absolute atomic E-state index is 9.33. The van der Waals surface area contributed by atoms with Gasteiger partial charge in [0.2, 0.25) is 0 Å². The lowest BCUT2D eigenvalue weighted by atomic mass is 10.0. The molecule has 0 aromatic carbocycles. The minimum atomic E-state index is -0.0521. The van der Waals surface area contributed by atoms with Crippen molar-refractivity contribution in [1.29, 1.82) is 0 Å². The first-order chi connectivity index (χ1) is 4.36. The average Bonchev–Trinajstić information content (AvgIpc) is 2.25. The van der Waals surface area contributed by atoms with Crippen LogP contribution in [0, 0.1) is 0 Å². The smallest absolute Gasteiger partial charge is 0.0693 e. The van der Waals surface area contributed by atoms with Crippen LogP contribution in [0.2, 0.25) is 0 Å². The molecule has 2 nitrogen and oxygen atoms in total. The number of fused-ring (bicyclic) bond motifs is 2. The Morgan fingerprint density at radius 2 is 1.89 bits per heavy atom. The molecule has 52 valence electrons. The Morgan fingerprint density at radius 3 is 2.67 bits per heavy atom. The molecule has 0 aliphatic carbocycles. The topological polar surface area (TPSA) is 32.3 Å². The number of aliphatic hydroxyl groups is 1. The molecule has 0 aromatic heterocycles. The molecule has 9 heavy (non-hydrogen) atoms. The van der Waals surface area contributed by atoms with Crippen LogP contribution >= 0.6 is 0 Å². The predicted molar refractivity (Wildman–Crippen MR) is 35.2 cm³/mol. The van der Waals surface area contributed by atoms with Crippen molar-refractivity contribution in [3.8, 4) is 0 Å². The standard InChI is InChI=1S/C7H13NO/c9-7-4-2-5-1-3-6(7)8-5/h5-9H,1-4H2/t5?,6?,7-/m0/s1. The van der Waals surface area contributed by atoms with Gasteiger partial charge < -0.3 is 10.4 Å². The third-order valence-corrected chi connectivity index (χ3v) is 2.55. The molecule has 0 aromatic rings. The average molecular weight is 127 g/mol. The van der Waals surface area contributed by atoms with Crippen LogP contribution in [0.5, 0.6) is 0 Å². The monoisotopic (exact) mass is 127 g/mol. The second-order valence-electron chi connectivity index (χ2n) is 3.19. The normalized spacial score (nSPS) is 49.7. The van der Waals surface area contributed by atoms with Crippen LogP contribution in [0.15, 0.2) is 0 Å². The summed E-state index contributed by atoms with van der Waals surface area (Å²) in [6.45, 7) is 0. The van der Waals surface area contributed by atoms with Crippen LogP contribution in [0.4, 0.5) is 0 Å². The summed E-state index contributed by atoms with van der Waals surface area (Å²) in [7, 11) is 0. The Labute approximate surface area is 55.3 Å². The van der Waals surface area contributed by atoms with E-state index in [1.54, 1.807) is 0 Å². The molecule has 2 aliphatic heterocycles. The van der Waals surface area contributed by atoms with Crippen molar-refractivity contribution in [3.63, 3.8) is 0 Å². The molecule has 2 unspecified atom stereocenters. The van der Waals surface area contributed by atoms with Crippen molar-refractivity contribution in [2.24, 2.45) is 0 Å². The number of hydrogen-bond donors (Lipinski definition) is 2. The van der Waals surface area contributed by atoms with E-state index in [2.05, 4.69) is 5.32 Å². The number of aliphatic hydroxyl groups excluding tert-OH is 1. The first kappa shape index (κ1) is 5.69. The van der Waals surface area contributed by atoms with Gasteiger partial charge in [-0.25, -0.2) is 0 Å². The van der Waals surface area contributed by atoms with Crippen molar-refractivity contribution in [1.82, 2.24) is 5.32 Å². The summed E-state index contributed by atoms with van der Waals surface area (Å²) < 4.78 is 0. The highest BCUT2D eigenvalue weighted by atomic mass is 16.3. The molecule has 0 spiro atoms. The predicted octanol–water partition coefficient (Wildman–Crippen LogP) is 0.262. The molecule has 2 heteroatoms. The van der Waals surface area contributed by atoms with E-state index < -0.39 is 0 Å². The van der Waals surface area contributed by atoms with Crippen LogP contribution in [0.3, 0.4) is 0 Å². The van der Waals surface area contributed by atoms with E-state index in [0.717, 1.165) is 12.5 Å².